The Labute approximate surface area is 157 Å². The van der Waals surface area contributed by atoms with Crippen LogP contribution in [-0.4, -0.2) is 26.5 Å². The molecule has 1 N–H and O–H groups in total. The van der Waals surface area contributed by atoms with Crippen LogP contribution in [0.15, 0.2) is 42.9 Å². The number of halogens is 1. The fraction of sp³-hybridized carbons (Fsp3) is 0.316. The standard InChI is InChI=1S/C19H21ClN4O2/c1-12(2)26-18-8-7-14(9-21-18)13(3)23-17(25)10-24-11-22-16-6-4-5-15(20)19(16)24/h4-9,11-13H,10H2,1-3H3,(H,23,25). The smallest absolute Gasteiger partial charge is 0.240 e. The number of carbonyl (C=O) groups excluding carboxylic acids is 1. The Morgan fingerprint density at radius 1 is 1.23 bits per heavy atom. The van der Waals surface area contributed by atoms with Crippen molar-refractivity contribution in [2.45, 2.75) is 39.5 Å². The van der Waals surface area contributed by atoms with Crippen molar-refractivity contribution in [1.29, 1.82) is 0 Å². The van der Waals surface area contributed by atoms with Crippen molar-refractivity contribution in [3.05, 3.63) is 53.4 Å². The maximum absolute atomic E-state index is 12.4. The highest BCUT2D eigenvalue weighted by Crippen LogP contribution is 2.22. The zero-order chi connectivity index (χ0) is 18.7. The van der Waals surface area contributed by atoms with Crippen LogP contribution >= 0.6 is 11.6 Å². The molecule has 7 heteroatoms. The molecule has 0 saturated heterocycles. The quantitative estimate of drug-likeness (QED) is 0.715. The molecule has 1 amide bonds. The van der Waals surface area contributed by atoms with Gasteiger partial charge in [-0.3, -0.25) is 4.79 Å². The van der Waals surface area contributed by atoms with Gasteiger partial charge in [0.2, 0.25) is 11.8 Å². The highest BCUT2D eigenvalue weighted by molar-refractivity contribution is 6.35. The molecule has 0 aliphatic carbocycles. The van der Waals surface area contributed by atoms with E-state index in [0.717, 1.165) is 16.6 Å². The lowest BCUT2D eigenvalue weighted by atomic mass is 10.1. The number of rotatable bonds is 6. The van der Waals surface area contributed by atoms with Crippen molar-refractivity contribution in [3.8, 4) is 5.88 Å². The van der Waals surface area contributed by atoms with E-state index in [9.17, 15) is 4.79 Å². The number of hydrogen-bond donors (Lipinski definition) is 1. The van der Waals surface area contributed by atoms with E-state index in [2.05, 4.69) is 15.3 Å². The Balaban J connectivity index is 1.65. The van der Waals surface area contributed by atoms with E-state index in [0.29, 0.717) is 10.9 Å². The first kappa shape index (κ1) is 18.2. The zero-order valence-electron chi connectivity index (χ0n) is 14.9. The molecular formula is C19H21ClN4O2. The molecule has 0 spiro atoms. The third-order valence-electron chi connectivity index (χ3n) is 3.90. The van der Waals surface area contributed by atoms with Crippen LogP contribution in [0.25, 0.3) is 11.0 Å². The monoisotopic (exact) mass is 372 g/mol. The van der Waals surface area contributed by atoms with Gasteiger partial charge in [0.05, 0.1) is 34.5 Å². The number of benzene rings is 1. The average Bonchev–Trinajstić information content (AvgIpc) is 2.99. The van der Waals surface area contributed by atoms with Crippen molar-refractivity contribution < 1.29 is 9.53 Å². The van der Waals surface area contributed by atoms with E-state index in [4.69, 9.17) is 16.3 Å². The molecule has 0 aliphatic heterocycles. The van der Waals surface area contributed by atoms with Gasteiger partial charge in [0.25, 0.3) is 0 Å². The van der Waals surface area contributed by atoms with Crippen LogP contribution in [0.3, 0.4) is 0 Å². The van der Waals surface area contributed by atoms with Gasteiger partial charge in [0.15, 0.2) is 0 Å². The number of aromatic nitrogens is 3. The number of amides is 1. The van der Waals surface area contributed by atoms with E-state index in [1.54, 1.807) is 29.2 Å². The molecule has 0 aliphatic rings. The van der Waals surface area contributed by atoms with E-state index in [1.807, 2.05) is 39.0 Å². The van der Waals surface area contributed by atoms with Crippen molar-refractivity contribution in [3.63, 3.8) is 0 Å². The second-order valence-corrected chi connectivity index (χ2v) is 6.77. The highest BCUT2D eigenvalue weighted by atomic mass is 35.5. The van der Waals surface area contributed by atoms with Gasteiger partial charge in [-0.2, -0.15) is 0 Å². The molecule has 0 bridgehead atoms. The second kappa shape index (κ2) is 7.74. The number of fused-ring (bicyclic) bond motifs is 1. The van der Waals surface area contributed by atoms with Crippen LogP contribution in [0.5, 0.6) is 5.88 Å². The molecule has 136 valence electrons. The van der Waals surface area contributed by atoms with Crippen LogP contribution in [0.2, 0.25) is 5.02 Å². The first-order valence-electron chi connectivity index (χ1n) is 8.45. The summed E-state index contributed by atoms with van der Waals surface area (Å²) in [5, 5.41) is 3.54. The lowest BCUT2D eigenvalue weighted by Gasteiger charge is -2.15. The summed E-state index contributed by atoms with van der Waals surface area (Å²) in [6, 6.07) is 9.03. The van der Waals surface area contributed by atoms with Crippen LogP contribution in [-0.2, 0) is 11.3 Å². The number of nitrogens with zero attached hydrogens (tertiary/aromatic N) is 3. The minimum Gasteiger partial charge on any atom is -0.475 e. The van der Waals surface area contributed by atoms with Crippen LogP contribution in [0.4, 0.5) is 0 Å². The van der Waals surface area contributed by atoms with Crippen LogP contribution in [0, 0.1) is 0 Å². The Morgan fingerprint density at radius 3 is 2.73 bits per heavy atom. The van der Waals surface area contributed by atoms with E-state index >= 15 is 0 Å². The first-order chi connectivity index (χ1) is 12.4. The fourth-order valence-electron chi connectivity index (χ4n) is 2.69. The summed E-state index contributed by atoms with van der Waals surface area (Å²) in [7, 11) is 0. The van der Waals surface area contributed by atoms with Gasteiger partial charge in [-0.05, 0) is 38.5 Å². The first-order valence-corrected chi connectivity index (χ1v) is 8.83. The van der Waals surface area contributed by atoms with Gasteiger partial charge >= 0.3 is 0 Å². The van der Waals surface area contributed by atoms with E-state index < -0.39 is 0 Å². The molecule has 3 aromatic rings. The minimum absolute atomic E-state index is 0.0716. The molecule has 2 heterocycles. The van der Waals surface area contributed by atoms with Crippen LogP contribution in [0.1, 0.15) is 32.4 Å². The number of ether oxygens (including phenoxy) is 1. The summed E-state index contributed by atoms with van der Waals surface area (Å²) >= 11 is 6.23. The predicted octanol–water partition coefficient (Wildman–Crippen LogP) is 3.75. The van der Waals surface area contributed by atoms with Gasteiger partial charge in [0, 0.05) is 12.3 Å². The zero-order valence-corrected chi connectivity index (χ0v) is 15.7. The third-order valence-corrected chi connectivity index (χ3v) is 4.20. The predicted molar refractivity (Wildman–Crippen MR) is 101 cm³/mol. The average molecular weight is 373 g/mol. The maximum atomic E-state index is 12.4. The Bertz CT molecular complexity index is 906. The molecule has 1 unspecified atom stereocenters. The second-order valence-electron chi connectivity index (χ2n) is 6.37. The van der Waals surface area contributed by atoms with Crippen molar-refractivity contribution in [2.75, 3.05) is 0 Å². The Morgan fingerprint density at radius 2 is 2.04 bits per heavy atom. The molecule has 1 aromatic carbocycles. The van der Waals surface area contributed by atoms with Gasteiger partial charge in [-0.15, -0.1) is 0 Å². The molecule has 1 atom stereocenters. The Kier molecular flexibility index (Phi) is 5.42. The van der Waals surface area contributed by atoms with Crippen molar-refractivity contribution in [1.82, 2.24) is 19.9 Å². The summed E-state index contributed by atoms with van der Waals surface area (Å²) in [6.45, 7) is 5.96. The molecule has 2 aromatic heterocycles. The number of pyridine rings is 1. The largest absolute Gasteiger partial charge is 0.475 e. The minimum atomic E-state index is -0.173. The van der Waals surface area contributed by atoms with Gasteiger partial charge in [-0.25, -0.2) is 9.97 Å². The number of nitrogens with one attached hydrogen (secondary N) is 1. The molecule has 0 saturated carbocycles. The van der Waals surface area contributed by atoms with Crippen molar-refractivity contribution in [2.24, 2.45) is 0 Å². The normalized spacial score (nSPS) is 12.3. The van der Waals surface area contributed by atoms with Gasteiger partial charge in [-0.1, -0.05) is 23.7 Å². The molecular weight excluding hydrogens is 352 g/mol. The van der Waals surface area contributed by atoms with Crippen LogP contribution < -0.4 is 10.1 Å². The maximum Gasteiger partial charge on any atom is 0.240 e. The number of imidazole rings is 1. The number of carbonyl (C=O) groups is 1. The summed E-state index contributed by atoms with van der Waals surface area (Å²) in [6.07, 6.45) is 3.41. The third kappa shape index (κ3) is 4.14. The van der Waals surface area contributed by atoms with Crippen molar-refractivity contribution >= 4 is 28.5 Å². The van der Waals surface area contributed by atoms with E-state index in [-0.39, 0.29) is 24.6 Å². The lowest BCUT2D eigenvalue weighted by Crippen LogP contribution is -2.30. The van der Waals surface area contributed by atoms with E-state index in [1.165, 1.54) is 0 Å². The molecule has 26 heavy (non-hydrogen) atoms. The topological polar surface area (TPSA) is 69.0 Å². The Hall–Kier alpha value is -2.60. The summed E-state index contributed by atoms with van der Waals surface area (Å²) in [4.78, 5) is 21.0. The number of hydrogen-bond acceptors (Lipinski definition) is 4. The lowest BCUT2D eigenvalue weighted by molar-refractivity contribution is -0.122. The van der Waals surface area contributed by atoms with Gasteiger partial charge in [0.1, 0.15) is 6.54 Å². The SMILES string of the molecule is CC(C)Oc1ccc(C(C)NC(=O)Cn2cnc3cccc(Cl)c32)cn1. The fourth-order valence-corrected chi connectivity index (χ4v) is 2.96. The molecule has 0 fully saturated rings. The molecule has 3 rings (SSSR count). The summed E-state index contributed by atoms with van der Waals surface area (Å²) < 4.78 is 7.28. The summed E-state index contributed by atoms with van der Waals surface area (Å²) in [5.74, 6) is 0.445. The highest BCUT2D eigenvalue weighted by Gasteiger charge is 2.13. The molecule has 6 nitrogen and oxygen atoms in total. The molecule has 0 radical (unpaired) electrons. The number of para-hydroxylation sites is 1. The summed E-state index contributed by atoms with van der Waals surface area (Å²) in [5.41, 5.74) is 2.43. The van der Waals surface area contributed by atoms with Gasteiger partial charge < -0.3 is 14.6 Å².